The third kappa shape index (κ3) is 9.16. The van der Waals surface area contributed by atoms with Crippen LogP contribution in [0.4, 0.5) is 10.5 Å². The molecular weight excluding hydrogens is 620 g/mol. The van der Waals surface area contributed by atoms with Gasteiger partial charge in [0.1, 0.15) is 11.3 Å². The number of fused-ring (bicyclic) bond motifs is 1. The number of carbonyl (C=O) groups is 2. The first kappa shape index (κ1) is 34.8. The quantitative estimate of drug-likeness (QED) is 0.365. The van der Waals surface area contributed by atoms with E-state index in [1.165, 1.54) is 0 Å². The van der Waals surface area contributed by atoms with Gasteiger partial charge in [-0.2, -0.15) is 0 Å². The molecule has 3 aromatic heterocycles. The summed E-state index contributed by atoms with van der Waals surface area (Å²) in [7, 11) is 0. The molecule has 0 bridgehead atoms. The van der Waals surface area contributed by atoms with Gasteiger partial charge in [-0.3, -0.25) is 19.5 Å². The van der Waals surface area contributed by atoms with Crippen LogP contribution in [0.15, 0.2) is 41.5 Å². The van der Waals surface area contributed by atoms with E-state index in [1.807, 2.05) is 69.3 Å². The number of aromatic amines is 1. The number of hydrogen-bond donors (Lipinski definition) is 2. The second-order valence-electron chi connectivity index (χ2n) is 14.9. The maximum atomic E-state index is 13.0. The van der Waals surface area contributed by atoms with E-state index >= 15 is 0 Å². The molecule has 2 N–H and O–H groups in total. The van der Waals surface area contributed by atoms with Gasteiger partial charge in [-0.05, 0) is 88.6 Å². The number of ether oxygens (including phenoxy) is 1. The van der Waals surface area contributed by atoms with Crippen molar-refractivity contribution >= 4 is 28.7 Å². The third-order valence-corrected chi connectivity index (χ3v) is 10.0. The minimum absolute atomic E-state index is 0.0390. The van der Waals surface area contributed by atoms with Crippen LogP contribution in [0.3, 0.4) is 0 Å². The first-order valence-electron chi connectivity index (χ1n) is 18.0. The van der Waals surface area contributed by atoms with E-state index in [-0.39, 0.29) is 23.6 Å². The van der Waals surface area contributed by atoms with E-state index in [4.69, 9.17) is 4.74 Å². The van der Waals surface area contributed by atoms with Crippen molar-refractivity contribution in [2.45, 2.75) is 78.0 Å². The number of piperidine rings is 2. The second-order valence-corrected chi connectivity index (χ2v) is 14.9. The lowest BCUT2D eigenvalue weighted by atomic mass is 9.95. The number of anilines is 1. The Morgan fingerprint density at radius 1 is 0.918 bits per heavy atom. The van der Waals surface area contributed by atoms with Gasteiger partial charge in [-0.1, -0.05) is 6.92 Å². The lowest BCUT2D eigenvalue weighted by molar-refractivity contribution is 0.0164. The van der Waals surface area contributed by atoms with Crippen LogP contribution in [0.2, 0.25) is 0 Å². The molecular formula is C37H52N8O4. The second kappa shape index (κ2) is 15.2. The number of nitrogens with zero attached hydrogens (tertiary/aromatic N) is 6. The number of H-pyrrole nitrogens is 1. The van der Waals surface area contributed by atoms with Crippen LogP contribution >= 0.6 is 0 Å². The monoisotopic (exact) mass is 672 g/mol. The summed E-state index contributed by atoms with van der Waals surface area (Å²) >= 11 is 0. The van der Waals surface area contributed by atoms with Crippen molar-refractivity contribution in [1.29, 1.82) is 0 Å². The minimum Gasteiger partial charge on any atom is -0.444 e. The van der Waals surface area contributed by atoms with Crippen LogP contribution in [-0.4, -0.2) is 112 Å². The number of hydrogen-bond acceptors (Lipinski definition) is 9. The molecule has 3 fully saturated rings. The molecule has 0 aliphatic carbocycles. The maximum Gasteiger partial charge on any atom is 0.410 e. The van der Waals surface area contributed by atoms with Gasteiger partial charge in [0.05, 0.1) is 22.9 Å². The average molecular weight is 673 g/mol. The van der Waals surface area contributed by atoms with E-state index in [0.29, 0.717) is 18.0 Å². The summed E-state index contributed by atoms with van der Waals surface area (Å²) in [5.74, 6) is 0.472. The van der Waals surface area contributed by atoms with E-state index in [1.54, 1.807) is 0 Å². The number of aryl methyl sites for hydroxylation is 1. The molecule has 3 aromatic rings. The van der Waals surface area contributed by atoms with Gasteiger partial charge in [0.2, 0.25) is 0 Å². The van der Waals surface area contributed by atoms with Crippen molar-refractivity contribution in [1.82, 2.24) is 35.0 Å². The predicted molar refractivity (Wildman–Crippen MR) is 191 cm³/mol. The molecule has 0 atom stereocenters. The molecule has 49 heavy (non-hydrogen) atoms. The molecule has 264 valence electrons. The van der Waals surface area contributed by atoms with E-state index in [2.05, 4.69) is 35.0 Å². The van der Waals surface area contributed by atoms with Crippen molar-refractivity contribution in [3.05, 3.63) is 63.8 Å². The molecule has 0 unspecified atom stereocenters. The molecule has 12 nitrogen and oxygen atoms in total. The standard InChI is InChI=1S/C37H52N8O4/c1-5-28-21-32-33(41-34(28)46)20-27(22-38-32)25-43-16-18-44(19-17-43)30-6-7-31(39-23-30)35(47)40-29-10-12-42(13-11-29)24-26-8-14-45(15-9-26)36(48)49-37(2,3)4/h6-7,20-23,26,29H,5,8-19,24-25H2,1-4H3,(H,40,47)(H,41,46). The Hall–Kier alpha value is -4.03. The number of rotatable bonds is 8. The number of nitrogens with one attached hydrogen (secondary N) is 2. The van der Waals surface area contributed by atoms with Crippen molar-refractivity contribution in [2.75, 3.05) is 63.8 Å². The molecule has 3 aliphatic rings. The van der Waals surface area contributed by atoms with Gasteiger partial charge in [0.15, 0.2) is 0 Å². The zero-order chi connectivity index (χ0) is 34.5. The number of amides is 2. The Morgan fingerprint density at radius 2 is 1.65 bits per heavy atom. The van der Waals surface area contributed by atoms with Crippen LogP contribution in [0, 0.1) is 5.92 Å². The fourth-order valence-electron chi connectivity index (χ4n) is 7.15. The molecule has 12 heteroatoms. The van der Waals surface area contributed by atoms with Crippen LogP contribution in [0.25, 0.3) is 11.0 Å². The fraction of sp³-hybridized carbons (Fsp3) is 0.595. The summed E-state index contributed by atoms with van der Waals surface area (Å²) in [5, 5.41) is 3.21. The van der Waals surface area contributed by atoms with Gasteiger partial charge in [0.25, 0.3) is 11.5 Å². The molecule has 0 aromatic carbocycles. The van der Waals surface area contributed by atoms with Gasteiger partial charge in [-0.15, -0.1) is 0 Å². The Morgan fingerprint density at radius 3 is 2.31 bits per heavy atom. The first-order valence-corrected chi connectivity index (χ1v) is 18.0. The molecule has 3 aliphatic heterocycles. The number of piperazine rings is 1. The number of carbonyl (C=O) groups excluding carboxylic acids is 2. The molecule has 0 spiro atoms. The zero-order valence-corrected chi connectivity index (χ0v) is 29.5. The predicted octanol–water partition coefficient (Wildman–Crippen LogP) is 4.04. The highest BCUT2D eigenvalue weighted by molar-refractivity contribution is 5.92. The van der Waals surface area contributed by atoms with Crippen molar-refractivity contribution in [2.24, 2.45) is 5.92 Å². The van der Waals surface area contributed by atoms with Gasteiger partial charge >= 0.3 is 6.09 Å². The molecule has 6 rings (SSSR count). The van der Waals surface area contributed by atoms with Gasteiger partial charge in [-0.25, -0.2) is 9.78 Å². The SMILES string of the molecule is CCc1cc2ncc(CN3CCN(c4ccc(C(=O)NC5CCN(CC6CCN(C(=O)OC(C)(C)C)CC6)CC5)nc4)CC3)cc2[nH]c1=O. The van der Waals surface area contributed by atoms with E-state index in [0.717, 1.165) is 119 Å². The van der Waals surface area contributed by atoms with E-state index in [9.17, 15) is 14.4 Å². The largest absolute Gasteiger partial charge is 0.444 e. The van der Waals surface area contributed by atoms with E-state index < -0.39 is 5.60 Å². The number of pyridine rings is 3. The Labute approximate surface area is 289 Å². The Balaban J connectivity index is 0.901. The fourth-order valence-corrected chi connectivity index (χ4v) is 7.15. The average Bonchev–Trinajstić information content (AvgIpc) is 3.09. The smallest absolute Gasteiger partial charge is 0.410 e. The summed E-state index contributed by atoms with van der Waals surface area (Å²) in [5.41, 5.74) is 4.42. The van der Waals surface area contributed by atoms with Crippen molar-refractivity contribution < 1.29 is 14.3 Å². The van der Waals surface area contributed by atoms with Crippen LogP contribution in [0.5, 0.6) is 0 Å². The Bertz CT molecular complexity index is 1650. The molecule has 3 saturated heterocycles. The molecule has 6 heterocycles. The highest BCUT2D eigenvalue weighted by Crippen LogP contribution is 2.23. The summed E-state index contributed by atoms with van der Waals surface area (Å²) in [6, 6.07) is 7.91. The normalized spacial score (nSPS) is 18.9. The zero-order valence-electron chi connectivity index (χ0n) is 29.5. The third-order valence-electron chi connectivity index (χ3n) is 10.0. The number of aromatic nitrogens is 3. The topological polar surface area (TPSA) is 127 Å². The summed E-state index contributed by atoms with van der Waals surface area (Å²) < 4.78 is 5.53. The van der Waals surface area contributed by atoms with Gasteiger partial charge < -0.3 is 29.7 Å². The molecule has 0 saturated carbocycles. The summed E-state index contributed by atoms with van der Waals surface area (Å²) in [6.07, 6.45) is 8.06. The maximum absolute atomic E-state index is 13.0. The first-order chi connectivity index (χ1) is 23.5. The van der Waals surface area contributed by atoms with Gasteiger partial charge in [0, 0.05) is 83.2 Å². The van der Waals surface area contributed by atoms with Crippen molar-refractivity contribution in [3.63, 3.8) is 0 Å². The minimum atomic E-state index is -0.464. The lowest BCUT2D eigenvalue weighted by Crippen LogP contribution is -2.47. The summed E-state index contributed by atoms with van der Waals surface area (Å²) in [4.78, 5) is 58.8. The van der Waals surface area contributed by atoms with Crippen LogP contribution < -0.4 is 15.8 Å². The highest BCUT2D eigenvalue weighted by atomic mass is 16.6. The van der Waals surface area contributed by atoms with Crippen LogP contribution in [-0.2, 0) is 17.7 Å². The van der Waals surface area contributed by atoms with Crippen molar-refractivity contribution in [3.8, 4) is 0 Å². The lowest BCUT2D eigenvalue weighted by Gasteiger charge is -2.38. The highest BCUT2D eigenvalue weighted by Gasteiger charge is 2.29. The number of likely N-dealkylation sites (tertiary alicyclic amines) is 2. The van der Waals surface area contributed by atoms with Crippen LogP contribution in [0.1, 0.15) is 75.0 Å². The molecule has 2 amide bonds. The molecule has 0 radical (unpaired) electrons. The Kier molecular flexibility index (Phi) is 10.8. The summed E-state index contributed by atoms with van der Waals surface area (Å²) in [6.45, 7) is 16.5.